The van der Waals surface area contributed by atoms with Gasteiger partial charge in [-0.25, -0.2) is 4.57 Å². The molecule has 328 valence electrons. The molecule has 0 saturated heterocycles. The van der Waals surface area contributed by atoms with E-state index in [2.05, 4.69) is 13.8 Å². The van der Waals surface area contributed by atoms with Crippen molar-refractivity contribution in [2.75, 3.05) is 47.5 Å². The Hall–Kier alpha value is -0.990. The number of nitrogens with zero attached hydrogens (tertiary/aromatic N) is 1. The second-order valence-electron chi connectivity index (χ2n) is 17.2. The largest absolute Gasteiger partial charge is 0.472 e. The molecule has 10 heteroatoms. The van der Waals surface area contributed by atoms with Gasteiger partial charge in [0.1, 0.15) is 19.8 Å². The molecule has 0 saturated carbocycles. The lowest BCUT2D eigenvalue weighted by atomic mass is 10.0. The van der Waals surface area contributed by atoms with Crippen LogP contribution in [0.25, 0.3) is 0 Å². The molecule has 0 bridgehead atoms. The van der Waals surface area contributed by atoms with Gasteiger partial charge in [-0.15, -0.1) is 0 Å². The molecule has 1 N–H and O–H groups in total. The number of hydrogen-bond donors (Lipinski definition) is 1. The van der Waals surface area contributed by atoms with Crippen LogP contribution in [0.3, 0.4) is 0 Å². The number of hydrogen-bond acceptors (Lipinski definition) is 7. The summed E-state index contributed by atoms with van der Waals surface area (Å²) in [4.78, 5) is 35.4. The van der Waals surface area contributed by atoms with Gasteiger partial charge in [-0.3, -0.25) is 18.6 Å². The molecule has 0 aliphatic heterocycles. The molecule has 0 spiro atoms. The summed E-state index contributed by atoms with van der Waals surface area (Å²) < 4.78 is 34.3. The van der Waals surface area contributed by atoms with Crippen molar-refractivity contribution in [3.05, 3.63) is 0 Å². The number of unbranched alkanes of at least 4 members (excludes halogenated alkanes) is 29. The Labute approximate surface area is 340 Å². The van der Waals surface area contributed by atoms with E-state index in [-0.39, 0.29) is 25.6 Å². The van der Waals surface area contributed by atoms with Gasteiger partial charge in [0.05, 0.1) is 27.7 Å². The minimum Gasteiger partial charge on any atom is -0.462 e. The van der Waals surface area contributed by atoms with Crippen molar-refractivity contribution >= 4 is 19.8 Å². The van der Waals surface area contributed by atoms with Crippen LogP contribution in [0.15, 0.2) is 0 Å². The lowest BCUT2D eigenvalue weighted by Crippen LogP contribution is -2.37. The zero-order chi connectivity index (χ0) is 40.7. The Morgan fingerprint density at radius 2 is 0.818 bits per heavy atom. The lowest BCUT2D eigenvalue weighted by Gasteiger charge is -2.24. The molecule has 2 atom stereocenters. The number of phosphoric acid groups is 1. The van der Waals surface area contributed by atoms with E-state index < -0.39 is 26.5 Å². The Balaban J connectivity index is 4.24. The molecule has 0 rings (SSSR count). The Morgan fingerprint density at radius 1 is 0.491 bits per heavy atom. The van der Waals surface area contributed by atoms with Gasteiger partial charge in [0.15, 0.2) is 6.10 Å². The summed E-state index contributed by atoms with van der Waals surface area (Å²) in [5, 5.41) is 0. The van der Waals surface area contributed by atoms with Crippen molar-refractivity contribution in [2.45, 2.75) is 232 Å². The number of ether oxygens (including phenoxy) is 2. The maximum Gasteiger partial charge on any atom is 0.472 e. The third-order valence-electron chi connectivity index (χ3n) is 10.4. The summed E-state index contributed by atoms with van der Waals surface area (Å²) in [6.07, 6.45) is 38.6. The summed E-state index contributed by atoms with van der Waals surface area (Å²) in [5.41, 5.74) is 0. The van der Waals surface area contributed by atoms with Crippen LogP contribution in [-0.4, -0.2) is 74.9 Å². The molecule has 0 fully saturated rings. The minimum absolute atomic E-state index is 0.0369. The van der Waals surface area contributed by atoms with E-state index in [1.807, 2.05) is 21.1 Å². The number of quaternary nitrogens is 1. The average Bonchev–Trinajstić information content (AvgIpc) is 3.13. The van der Waals surface area contributed by atoms with E-state index in [4.69, 9.17) is 18.5 Å². The summed E-state index contributed by atoms with van der Waals surface area (Å²) in [7, 11) is 1.49. The number of esters is 2. The summed E-state index contributed by atoms with van der Waals surface area (Å²) in [5.74, 6) is -0.783. The van der Waals surface area contributed by atoms with Crippen LogP contribution < -0.4 is 0 Å². The van der Waals surface area contributed by atoms with Crippen LogP contribution in [0.5, 0.6) is 0 Å². The standard InChI is InChI=1S/C45H90NO8P/c1-6-8-10-12-14-16-18-20-21-22-23-24-25-26-28-30-32-34-36-38-45(48)54-43(42-53-55(49,50)52-40-39-46(3,4)5)41-51-44(47)37-35-33-31-29-27-19-17-15-13-11-9-7-2/h43H,6-42H2,1-5H3/p+1. The molecule has 0 aromatic carbocycles. The maximum atomic E-state index is 12.7. The topological polar surface area (TPSA) is 108 Å². The van der Waals surface area contributed by atoms with E-state index in [9.17, 15) is 19.0 Å². The van der Waals surface area contributed by atoms with Crippen LogP contribution in [0.1, 0.15) is 226 Å². The monoisotopic (exact) mass is 805 g/mol. The minimum atomic E-state index is -4.37. The Bertz CT molecular complexity index is 912. The third-order valence-corrected chi connectivity index (χ3v) is 11.4. The fraction of sp³-hybridized carbons (Fsp3) is 0.956. The van der Waals surface area contributed by atoms with Crippen LogP contribution in [0.4, 0.5) is 0 Å². The zero-order valence-electron chi connectivity index (χ0n) is 36.9. The number of carbonyl (C=O) groups is 2. The highest BCUT2D eigenvalue weighted by molar-refractivity contribution is 7.47. The highest BCUT2D eigenvalue weighted by atomic mass is 31.2. The fourth-order valence-electron chi connectivity index (χ4n) is 6.72. The molecule has 0 aliphatic carbocycles. The number of carbonyl (C=O) groups excluding carboxylic acids is 2. The van der Waals surface area contributed by atoms with Gasteiger partial charge in [0.25, 0.3) is 0 Å². The first-order chi connectivity index (χ1) is 26.5. The van der Waals surface area contributed by atoms with Crippen molar-refractivity contribution in [2.24, 2.45) is 0 Å². The first-order valence-electron chi connectivity index (χ1n) is 23.3. The highest BCUT2D eigenvalue weighted by Gasteiger charge is 2.27. The number of phosphoric ester groups is 1. The average molecular weight is 805 g/mol. The molecule has 0 aromatic rings. The summed E-state index contributed by atoms with van der Waals surface area (Å²) in [6.45, 7) is 4.46. The third kappa shape index (κ3) is 42.4. The van der Waals surface area contributed by atoms with Crippen LogP contribution in [-0.2, 0) is 32.7 Å². The molecule has 0 aliphatic rings. The van der Waals surface area contributed by atoms with Gasteiger partial charge in [0, 0.05) is 12.8 Å². The molecular weight excluding hydrogens is 713 g/mol. The van der Waals surface area contributed by atoms with Crippen LogP contribution in [0, 0.1) is 0 Å². The molecule has 0 amide bonds. The highest BCUT2D eigenvalue weighted by Crippen LogP contribution is 2.43. The van der Waals surface area contributed by atoms with Gasteiger partial charge in [-0.05, 0) is 12.8 Å². The normalized spacial score (nSPS) is 13.5. The van der Waals surface area contributed by atoms with E-state index in [0.29, 0.717) is 17.4 Å². The molecule has 0 aromatic heterocycles. The van der Waals surface area contributed by atoms with Crippen LogP contribution in [0.2, 0.25) is 0 Å². The Kier molecular flexibility index (Phi) is 37.8. The van der Waals surface area contributed by atoms with Gasteiger partial charge >= 0.3 is 19.8 Å². The van der Waals surface area contributed by atoms with E-state index >= 15 is 0 Å². The van der Waals surface area contributed by atoms with Crippen molar-refractivity contribution in [3.8, 4) is 0 Å². The smallest absolute Gasteiger partial charge is 0.462 e. The Morgan fingerprint density at radius 3 is 1.16 bits per heavy atom. The molecule has 55 heavy (non-hydrogen) atoms. The number of likely N-dealkylation sites (N-methyl/N-ethyl adjacent to an activating group) is 1. The second kappa shape index (κ2) is 38.5. The number of rotatable bonds is 43. The molecule has 2 unspecified atom stereocenters. The predicted octanol–water partition coefficient (Wildman–Crippen LogP) is 13.2. The molecule has 0 heterocycles. The van der Waals surface area contributed by atoms with Crippen molar-refractivity contribution < 1.29 is 42.1 Å². The van der Waals surface area contributed by atoms with E-state index in [1.54, 1.807) is 0 Å². The fourth-order valence-corrected chi connectivity index (χ4v) is 7.46. The molecular formula is C45H91NO8P+. The zero-order valence-corrected chi connectivity index (χ0v) is 37.8. The van der Waals surface area contributed by atoms with Gasteiger partial charge in [0.2, 0.25) is 0 Å². The summed E-state index contributed by atoms with van der Waals surface area (Å²) in [6, 6.07) is 0. The van der Waals surface area contributed by atoms with Crippen molar-refractivity contribution in [3.63, 3.8) is 0 Å². The molecule has 9 nitrogen and oxygen atoms in total. The van der Waals surface area contributed by atoms with Gasteiger partial charge in [-0.1, -0.05) is 200 Å². The second-order valence-corrected chi connectivity index (χ2v) is 18.6. The maximum absolute atomic E-state index is 12.7. The first-order valence-corrected chi connectivity index (χ1v) is 24.8. The molecule has 0 radical (unpaired) electrons. The first kappa shape index (κ1) is 54.0. The van der Waals surface area contributed by atoms with Crippen molar-refractivity contribution in [1.29, 1.82) is 0 Å². The van der Waals surface area contributed by atoms with Crippen molar-refractivity contribution in [1.82, 2.24) is 0 Å². The summed E-state index contributed by atoms with van der Waals surface area (Å²) >= 11 is 0. The quantitative estimate of drug-likeness (QED) is 0.0281. The van der Waals surface area contributed by atoms with E-state index in [0.717, 1.165) is 38.5 Å². The van der Waals surface area contributed by atoms with E-state index in [1.165, 1.54) is 161 Å². The van der Waals surface area contributed by atoms with Gasteiger partial charge in [-0.2, -0.15) is 0 Å². The van der Waals surface area contributed by atoms with Crippen LogP contribution >= 0.6 is 7.82 Å². The SMILES string of the molecule is CCCCCCCCCCCCCCCCCCCCCC(=O)OC(COC(=O)CCCCCCCCCCCCCC)COP(=O)(O)OCC[N+](C)(C)C. The predicted molar refractivity (Wildman–Crippen MR) is 229 cm³/mol. The lowest BCUT2D eigenvalue weighted by molar-refractivity contribution is -0.870. The van der Waals surface area contributed by atoms with Gasteiger partial charge < -0.3 is 18.9 Å².